The minimum absolute atomic E-state index is 0.898. The molecule has 0 atom stereocenters. The molecule has 0 bridgehead atoms. The van der Waals surface area contributed by atoms with Crippen molar-refractivity contribution in [2.45, 2.75) is 6.42 Å². The standard InChI is InChI=1S/C9H8BrN/c10-8-2-1-6-4-9(11)5-7(6)3-8/h1-4H,5,11H2. The predicted octanol–water partition coefficient (Wildman–Crippen LogP) is 2.30. The number of rotatable bonds is 0. The molecule has 0 saturated heterocycles. The lowest BCUT2D eigenvalue weighted by Crippen LogP contribution is -1.94. The third-order valence-electron chi connectivity index (χ3n) is 1.84. The smallest absolute Gasteiger partial charge is 0.0178 e. The van der Waals surface area contributed by atoms with Crippen LogP contribution in [0.2, 0.25) is 0 Å². The van der Waals surface area contributed by atoms with Gasteiger partial charge in [-0.3, -0.25) is 0 Å². The molecular formula is C9H8BrN. The maximum atomic E-state index is 5.68. The number of hydrogen-bond donors (Lipinski definition) is 1. The fourth-order valence-electron chi connectivity index (χ4n) is 1.34. The van der Waals surface area contributed by atoms with Crippen molar-refractivity contribution < 1.29 is 0 Å². The molecular weight excluding hydrogens is 202 g/mol. The SMILES string of the molecule is NC1=Cc2ccc(Br)cc2C1. The van der Waals surface area contributed by atoms with E-state index in [0.717, 1.165) is 16.6 Å². The first-order valence-electron chi connectivity index (χ1n) is 3.50. The fraction of sp³-hybridized carbons (Fsp3) is 0.111. The van der Waals surface area contributed by atoms with E-state index >= 15 is 0 Å². The highest BCUT2D eigenvalue weighted by atomic mass is 79.9. The van der Waals surface area contributed by atoms with E-state index in [1.165, 1.54) is 11.1 Å². The molecule has 0 fully saturated rings. The molecule has 0 unspecified atom stereocenters. The van der Waals surface area contributed by atoms with Crippen molar-refractivity contribution in [1.82, 2.24) is 0 Å². The van der Waals surface area contributed by atoms with E-state index in [2.05, 4.69) is 28.1 Å². The van der Waals surface area contributed by atoms with Gasteiger partial charge in [-0.05, 0) is 29.3 Å². The Morgan fingerprint density at radius 1 is 1.36 bits per heavy atom. The van der Waals surface area contributed by atoms with Gasteiger partial charge in [-0.1, -0.05) is 22.0 Å². The summed E-state index contributed by atoms with van der Waals surface area (Å²) in [5.74, 6) is 0. The van der Waals surface area contributed by atoms with E-state index in [-0.39, 0.29) is 0 Å². The van der Waals surface area contributed by atoms with Crippen molar-refractivity contribution in [2.75, 3.05) is 0 Å². The van der Waals surface area contributed by atoms with Gasteiger partial charge in [0.15, 0.2) is 0 Å². The Morgan fingerprint density at radius 3 is 3.00 bits per heavy atom. The molecule has 0 heterocycles. The lowest BCUT2D eigenvalue weighted by molar-refractivity contribution is 1.16. The topological polar surface area (TPSA) is 26.0 Å². The maximum absolute atomic E-state index is 5.68. The van der Waals surface area contributed by atoms with Gasteiger partial charge in [0.1, 0.15) is 0 Å². The minimum atomic E-state index is 0.898. The van der Waals surface area contributed by atoms with Gasteiger partial charge in [0, 0.05) is 16.6 Å². The molecule has 1 aromatic rings. The van der Waals surface area contributed by atoms with Crippen LogP contribution in [0.3, 0.4) is 0 Å². The van der Waals surface area contributed by atoms with E-state index in [1.807, 2.05) is 12.1 Å². The summed E-state index contributed by atoms with van der Waals surface area (Å²) in [6.07, 6.45) is 2.93. The van der Waals surface area contributed by atoms with Crippen LogP contribution in [0, 0.1) is 0 Å². The van der Waals surface area contributed by atoms with Crippen LogP contribution in [-0.4, -0.2) is 0 Å². The van der Waals surface area contributed by atoms with Crippen LogP contribution >= 0.6 is 15.9 Å². The summed E-state index contributed by atoms with van der Waals surface area (Å²) in [5.41, 5.74) is 9.21. The first-order valence-corrected chi connectivity index (χ1v) is 4.29. The highest BCUT2D eigenvalue weighted by molar-refractivity contribution is 9.10. The summed E-state index contributed by atoms with van der Waals surface area (Å²) in [5, 5.41) is 0. The number of nitrogens with two attached hydrogens (primary N) is 1. The van der Waals surface area contributed by atoms with Gasteiger partial charge in [0.05, 0.1) is 0 Å². The summed E-state index contributed by atoms with van der Waals surface area (Å²) in [7, 11) is 0. The van der Waals surface area contributed by atoms with Crippen molar-refractivity contribution in [2.24, 2.45) is 5.73 Å². The predicted molar refractivity (Wildman–Crippen MR) is 50.0 cm³/mol. The number of allylic oxidation sites excluding steroid dienone is 1. The summed E-state index contributed by atoms with van der Waals surface area (Å²) in [6.45, 7) is 0. The molecule has 1 aliphatic rings. The average molecular weight is 210 g/mol. The van der Waals surface area contributed by atoms with E-state index in [9.17, 15) is 0 Å². The molecule has 2 rings (SSSR count). The van der Waals surface area contributed by atoms with Crippen molar-refractivity contribution in [3.63, 3.8) is 0 Å². The molecule has 0 amide bonds. The number of fused-ring (bicyclic) bond motifs is 1. The van der Waals surface area contributed by atoms with Crippen molar-refractivity contribution in [3.8, 4) is 0 Å². The fourth-order valence-corrected chi connectivity index (χ4v) is 1.75. The average Bonchev–Trinajstić information content (AvgIpc) is 2.27. The van der Waals surface area contributed by atoms with Crippen LogP contribution in [0.25, 0.3) is 6.08 Å². The molecule has 56 valence electrons. The first kappa shape index (κ1) is 6.92. The number of benzene rings is 1. The Bertz CT molecular complexity index is 328. The van der Waals surface area contributed by atoms with Crippen molar-refractivity contribution >= 4 is 22.0 Å². The van der Waals surface area contributed by atoms with Crippen molar-refractivity contribution in [3.05, 3.63) is 39.5 Å². The van der Waals surface area contributed by atoms with Crippen molar-refractivity contribution in [1.29, 1.82) is 0 Å². The van der Waals surface area contributed by atoms with Crippen LogP contribution in [0.4, 0.5) is 0 Å². The minimum Gasteiger partial charge on any atom is -0.402 e. The third-order valence-corrected chi connectivity index (χ3v) is 2.33. The normalized spacial score (nSPS) is 14.5. The van der Waals surface area contributed by atoms with E-state index in [0.29, 0.717) is 0 Å². The molecule has 2 N–H and O–H groups in total. The van der Waals surface area contributed by atoms with Gasteiger partial charge < -0.3 is 5.73 Å². The molecule has 0 saturated carbocycles. The molecule has 1 aliphatic carbocycles. The molecule has 1 nitrogen and oxygen atoms in total. The zero-order valence-electron chi connectivity index (χ0n) is 5.97. The quantitative estimate of drug-likeness (QED) is 0.698. The molecule has 11 heavy (non-hydrogen) atoms. The highest BCUT2D eigenvalue weighted by Crippen LogP contribution is 2.25. The van der Waals surface area contributed by atoms with Gasteiger partial charge in [-0.2, -0.15) is 0 Å². The lowest BCUT2D eigenvalue weighted by Gasteiger charge is -1.97. The summed E-state index contributed by atoms with van der Waals surface area (Å²) in [4.78, 5) is 0. The molecule has 0 radical (unpaired) electrons. The van der Waals surface area contributed by atoms with Gasteiger partial charge >= 0.3 is 0 Å². The Hall–Kier alpha value is -0.760. The Morgan fingerprint density at radius 2 is 2.18 bits per heavy atom. The molecule has 0 spiro atoms. The second-order valence-electron chi connectivity index (χ2n) is 2.74. The second-order valence-corrected chi connectivity index (χ2v) is 3.65. The van der Waals surface area contributed by atoms with Crippen LogP contribution < -0.4 is 5.73 Å². The van der Waals surface area contributed by atoms with Gasteiger partial charge in [0.25, 0.3) is 0 Å². The summed E-state index contributed by atoms with van der Waals surface area (Å²) < 4.78 is 1.12. The first-order chi connectivity index (χ1) is 5.25. The zero-order valence-corrected chi connectivity index (χ0v) is 7.56. The van der Waals surface area contributed by atoms with Crippen LogP contribution in [-0.2, 0) is 6.42 Å². The van der Waals surface area contributed by atoms with Crippen LogP contribution in [0.5, 0.6) is 0 Å². The van der Waals surface area contributed by atoms with Gasteiger partial charge in [-0.15, -0.1) is 0 Å². The molecule has 1 aromatic carbocycles. The Labute approximate surface area is 74.0 Å². The molecule has 0 aromatic heterocycles. The van der Waals surface area contributed by atoms with E-state index in [1.54, 1.807) is 0 Å². The highest BCUT2D eigenvalue weighted by Gasteiger charge is 2.09. The maximum Gasteiger partial charge on any atom is 0.0178 e. The molecule has 0 aliphatic heterocycles. The third kappa shape index (κ3) is 1.18. The molecule has 2 heteroatoms. The van der Waals surface area contributed by atoms with Gasteiger partial charge in [-0.25, -0.2) is 0 Å². The number of halogens is 1. The lowest BCUT2D eigenvalue weighted by atomic mass is 10.1. The van der Waals surface area contributed by atoms with Crippen LogP contribution in [0.15, 0.2) is 28.4 Å². The van der Waals surface area contributed by atoms with Crippen LogP contribution in [0.1, 0.15) is 11.1 Å². The van der Waals surface area contributed by atoms with E-state index in [4.69, 9.17) is 5.73 Å². The zero-order chi connectivity index (χ0) is 7.84. The second kappa shape index (κ2) is 2.38. The summed E-state index contributed by atoms with van der Waals surface area (Å²) in [6, 6.07) is 6.24. The number of hydrogen-bond acceptors (Lipinski definition) is 1. The largest absolute Gasteiger partial charge is 0.402 e. The monoisotopic (exact) mass is 209 g/mol. The summed E-state index contributed by atoms with van der Waals surface area (Å²) >= 11 is 3.42. The van der Waals surface area contributed by atoms with E-state index < -0.39 is 0 Å². The Balaban J connectivity index is 2.52. The van der Waals surface area contributed by atoms with Gasteiger partial charge in [0.2, 0.25) is 0 Å². The Kier molecular flexibility index (Phi) is 1.50.